The Morgan fingerprint density at radius 3 is 2.75 bits per heavy atom. The third kappa shape index (κ3) is 2.68. The molecule has 20 heavy (non-hydrogen) atoms. The van der Waals surface area contributed by atoms with Crippen LogP contribution in [0.4, 0.5) is 10.1 Å². The fourth-order valence-corrected chi connectivity index (χ4v) is 3.71. The predicted octanol–water partition coefficient (Wildman–Crippen LogP) is 5.04. The molecule has 1 heterocycles. The van der Waals surface area contributed by atoms with Gasteiger partial charge in [0.25, 0.3) is 0 Å². The van der Waals surface area contributed by atoms with E-state index in [4.69, 9.17) is 0 Å². The maximum Gasteiger partial charge on any atom is 0.137 e. The summed E-state index contributed by atoms with van der Waals surface area (Å²) in [6.45, 7) is 2.15. The molecule has 0 aromatic heterocycles. The molecule has 0 bridgehead atoms. The topological polar surface area (TPSA) is 12.0 Å². The van der Waals surface area contributed by atoms with Crippen LogP contribution >= 0.6 is 11.8 Å². The van der Waals surface area contributed by atoms with Crippen molar-refractivity contribution in [3.63, 3.8) is 0 Å². The molecule has 3 rings (SSSR count). The first-order chi connectivity index (χ1) is 9.78. The molecule has 0 aliphatic carbocycles. The maximum absolute atomic E-state index is 13.8. The molecule has 1 atom stereocenters. The number of rotatable bonds is 3. The number of benzene rings is 2. The van der Waals surface area contributed by atoms with Gasteiger partial charge in [-0.05, 0) is 42.2 Å². The van der Waals surface area contributed by atoms with E-state index < -0.39 is 0 Å². The smallest absolute Gasteiger partial charge is 0.137 e. The Balaban J connectivity index is 1.83. The van der Waals surface area contributed by atoms with Crippen molar-refractivity contribution in [1.82, 2.24) is 0 Å². The second-order valence-electron chi connectivity index (χ2n) is 5.04. The summed E-state index contributed by atoms with van der Waals surface area (Å²) >= 11 is 1.62. The quantitative estimate of drug-likeness (QED) is 0.849. The number of thioether (sulfide) groups is 1. The van der Waals surface area contributed by atoms with Crippen LogP contribution in [0.3, 0.4) is 0 Å². The van der Waals surface area contributed by atoms with E-state index in [0.717, 1.165) is 34.7 Å². The minimum atomic E-state index is -0.0969. The number of anilines is 1. The van der Waals surface area contributed by atoms with Gasteiger partial charge in [0.05, 0.1) is 6.04 Å². The minimum absolute atomic E-state index is 0.0969. The monoisotopic (exact) mass is 287 g/mol. The van der Waals surface area contributed by atoms with Crippen LogP contribution in [-0.2, 0) is 6.42 Å². The highest BCUT2D eigenvalue weighted by Crippen LogP contribution is 2.39. The summed E-state index contributed by atoms with van der Waals surface area (Å²) in [5, 5.41) is 3.54. The molecule has 1 N–H and O–H groups in total. The van der Waals surface area contributed by atoms with Gasteiger partial charge in [0.1, 0.15) is 5.82 Å². The van der Waals surface area contributed by atoms with E-state index in [1.807, 2.05) is 6.07 Å². The van der Waals surface area contributed by atoms with Crippen molar-refractivity contribution < 1.29 is 4.39 Å². The molecule has 0 spiro atoms. The van der Waals surface area contributed by atoms with E-state index >= 15 is 0 Å². The number of aryl methyl sites for hydroxylation is 1. The Hall–Kier alpha value is -1.48. The zero-order valence-electron chi connectivity index (χ0n) is 11.5. The lowest BCUT2D eigenvalue weighted by atomic mass is 10.0. The van der Waals surface area contributed by atoms with Crippen molar-refractivity contribution in [2.75, 3.05) is 11.1 Å². The van der Waals surface area contributed by atoms with Gasteiger partial charge in [-0.15, -0.1) is 11.8 Å². The zero-order chi connectivity index (χ0) is 13.9. The molecule has 2 aromatic carbocycles. The summed E-state index contributed by atoms with van der Waals surface area (Å²) in [7, 11) is 0. The molecule has 3 heteroatoms. The third-order valence-corrected chi connectivity index (χ3v) is 4.89. The van der Waals surface area contributed by atoms with Crippen LogP contribution in [0.15, 0.2) is 47.4 Å². The van der Waals surface area contributed by atoms with Crippen LogP contribution in [0.25, 0.3) is 0 Å². The Morgan fingerprint density at radius 2 is 2.00 bits per heavy atom. The maximum atomic E-state index is 13.8. The molecule has 0 saturated carbocycles. The molecular formula is C17H18FNS. The van der Waals surface area contributed by atoms with E-state index in [1.54, 1.807) is 23.9 Å². The van der Waals surface area contributed by atoms with Crippen LogP contribution in [0.5, 0.6) is 0 Å². The summed E-state index contributed by atoms with van der Waals surface area (Å²) in [5.74, 6) is 0.860. The lowest BCUT2D eigenvalue weighted by Gasteiger charge is -2.27. The second kappa shape index (κ2) is 5.88. The van der Waals surface area contributed by atoms with Crippen LogP contribution < -0.4 is 5.32 Å². The highest BCUT2D eigenvalue weighted by Gasteiger charge is 2.22. The SMILES string of the molecule is CCc1ccc(NC2CCSc3c(F)cccc32)cc1. The lowest BCUT2D eigenvalue weighted by Crippen LogP contribution is -2.16. The first-order valence-electron chi connectivity index (χ1n) is 7.04. The number of fused-ring (bicyclic) bond motifs is 1. The number of hydrogen-bond acceptors (Lipinski definition) is 2. The lowest BCUT2D eigenvalue weighted by molar-refractivity contribution is 0.585. The summed E-state index contributed by atoms with van der Waals surface area (Å²) in [6, 6.07) is 14.1. The highest BCUT2D eigenvalue weighted by molar-refractivity contribution is 7.99. The van der Waals surface area contributed by atoms with Crippen molar-refractivity contribution in [1.29, 1.82) is 0 Å². The highest BCUT2D eigenvalue weighted by atomic mass is 32.2. The zero-order valence-corrected chi connectivity index (χ0v) is 12.3. The average Bonchev–Trinajstić information content (AvgIpc) is 2.49. The third-order valence-electron chi connectivity index (χ3n) is 3.73. The predicted molar refractivity (Wildman–Crippen MR) is 83.9 cm³/mol. The van der Waals surface area contributed by atoms with Crippen molar-refractivity contribution in [2.24, 2.45) is 0 Å². The normalized spacial score (nSPS) is 17.6. The van der Waals surface area contributed by atoms with Gasteiger partial charge in [-0.25, -0.2) is 4.39 Å². The Kier molecular flexibility index (Phi) is 3.97. The van der Waals surface area contributed by atoms with Gasteiger partial charge >= 0.3 is 0 Å². The van der Waals surface area contributed by atoms with Gasteiger partial charge in [-0.1, -0.05) is 31.2 Å². The van der Waals surface area contributed by atoms with E-state index in [-0.39, 0.29) is 11.9 Å². The fraction of sp³-hybridized carbons (Fsp3) is 0.294. The Morgan fingerprint density at radius 1 is 1.20 bits per heavy atom. The summed E-state index contributed by atoms with van der Waals surface area (Å²) in [4.78, 5) is 0.807. The van der Waals surface area contributed by atoms with E-state index in [9.17, 15) is 4.39 Å². The van der Waals surface area contributed by atoms with Crippen molar-refractivity contribution in [2.45, 2.75) is 30.7 Å². The Bertz CT molecular complexity index is 594. The molecule has 0 fully saturated rings. The van der Waals surface area contributed by atoms with Gasteiger partial charge < -0.3 is 5.32 Å². The molecule has 1 aliphatic heterocycles. The largest absolute Gasteiger partial charge is 0.378 e. The summed E-state index contributed by atoms with van der Waals surface area (Å²) in [6.07, 6.45) is 2.07. The molecule has 0 radical (unpaired) electrons. The first kappa shape index (κ1) is 13.5. The molecule has 1 nitrogen and oxygen atoms in total. The van der Waals surface area contributed by atoms with E-state index in [0.29, 0.717) is 0 Å². The summed E-state index contributed by atoms with van der Waals surface area (Å²) in [5.41, 5.74) is 3.52. The standard InChI is InChI=1S/C17H18FNS/c1-2-12-6-8-13(9-7-12)19-16-10-11-20-17-14(16)4-3-5-15(17)18/h3-9,16,19H,2,10-11H2,1H3. The van der Waals surface area contributed by atoms with Crippen LogP contribution in [0, 0.1) is 5.82 Å². The molecule has 104 valence electrons. The van der Waals surface area contributed by atoms with Crippen LogP contribution in [0.1, 0.15) is 30.5 Å². The number of halogens is 1. The van der Waals surface area contributed by atoms with Crippen LogP contribution in [-0.4, -0.2) is 5.75 Å². The second-order valence-corrected chi connectivity index (χ2v) is 6.15. The van der Waals surface area contributed by atoms with Gasteiger partial charge in [0.15, 0.2) is 0 Å². The number of nitrogens with one attached hydrogen (secondary N) is 1. The first-order valence-corrected chi connectivity index (χ1v) is 8.03. The molecular weight excluding hydrogens is 269 g/mol. The van der Waals surface area contributed by atoms with Gasteiger partial charge in [-0.2, -0.15) is 0 Å². The fourth-order valence-electron chi connectivity index (χ4n) is 2.57. The molecule has 1 unspecified atom stereocenters. The molecule has 2 aromatic rings. The van der Waals surface area contributed by atoms with Crippen LogP contribution in [0.2, 0.25) is 0 Å². The van der Waals surface area contributed by atoms with Crippen molar-refractivity contribution in [3.8, 4) is 0 Å². The number of hydrogen-bond donors (Lipinski definition) is 1. The van der Waals surface area contributed by atoms with Gasteiger partial charge in [-0.3, -0.25) is 0 Å². The minimum Gasteiger partial charge on any atom is -0.378 e. The Labute approximate surface area is 123 Å². The van der Waals surface area contributed by atoms with Gasteiger partial charge in [0, 0.05) is 16.3 Å². The molecule has 1 aliphatic rings. The van der Waals surface area contributed by atoms with Gasteiger partial charge in [0.2, 0.25) is 0 Å². The van der Waals surface area contributed by atoms with Crippen molar-refractivity contribution >= 4 is 17.4 Å². The molecule has 0 saturated heterocycles. The average molecular weight is 287 g/mol. The molecule has 0 amide bonds. The van der Waals surface area contributed by atoms with E-state index in [2.05, 4.69) is 36.5 Å². The van der Waals surface area contributed by atoms with Crippen molar-refractivity contribution in [3.05, 3.63) is 59.4 Å². The summed E-state index contributed by atoms with van der Waals surface area (Å²) < 4.78 is 13.8. The van der Waals surface area contributed by atoms with E-state index in [1.165, 1.54) is 5.56 Å².